The van der Waals surface area contributed by atoms with Crippen LogP contribution in [0.1, 0.15) is 6.92 Å². The van der Waals surface area contributed by atoms with Gasteiger partial charge < -0.3 is 10.2 Å². The van der Waals surface area contributed by atoms with E-state index < -0.39 is 0 Å². The summed E-state index contributed by atoms with van der Waals surface area (Å²) in [6.07, 6.45) is 0.914. The first-order valence-electron chi connectivity index (χ1n) is 3.25. The van der Waals surface area contributed by atoms with Crippen LogP contribution in [0.2, 0.25) is 0 Å². The molecule has 0 radical (unpaired) electrons. The summed E-state index contributed by atoms with van der Waals surface area (Å²) in [7, 11) is 0. The Bertz CT molecular complexity index is 110. The molecule has 1 heterocycles. The fraction of sp³-hybridized carbons (Fsp3) is 0.833. The molecule has 1 fully saturated rings. The van der Waals surface area contributed by atoms with Gasteiger partial charge in [-0.25, -0.2) is 0 Å². The molecule has 3 nitrogen and oxygen atoms in total. The van der Waals surface area contributed by atoms with E-state index in [0.717, 1.165) is 26.0 Å². The average Bonchev–Trinajstić information content (AvgIpc) is 1.88. The number of hydrogen-bond donors (Lipinski definition) is 1. The standard InChI is InChI=1S/C6H12N2O.ClH/c1-6-4-8(5-9)3-2-7-6;/h5-7H,2-4H2,1H3;1H. The van der Waals surface area contributed by atoms with E-state index in [4.69, 9.17) is 0 Å². The van der Waals surface area contributed by atoms with Crippen molar-refractivity contribution in [3.05, 3.63) is 0 Å². The molecule has 1 saturated heterocycles. The number of piperazine rings is 1. The van der Waals surface area contributed by atoms with Crippen molar-refractivity contribution in [1.82, 2.24) is 10.2 Å². The molecule has 1 aliphatic rings. The molecular formula is C6H13ClN2O. The normalized spacial score (nSPS) is 25.3. The highest BCUT2D eigenvalue weighted by Gasteiger charge is 2.12. The molecule has 0 aliphatic carbocycles. The molecule has 10 heavy (non-hydrogen) atoms. The van der Waals surface area contributed by atoms with Gasteiger partial charge in [0.15, 0.2) is 0 Å². The molecule has 1 N–H and O–H groups in total. The van der Waals surface area contributed by atoms with Crippen LogP contribution in [0.25, 0.3) is 0 Å². The van der Waals surface area contributed by atoms with Gasteiger partial charge in [-0.1, -0.05) is 0 Å². The number of halogens is 1. The average molecular weight is 165 g/mol. The highest BCUT2D eigenvalue weighted by molar-refractivity contribution is 5.85. The Balaban J connectivity index is 0.000000810. The van der Waals surface area contributed by atoms with E-state index in [9.17, 15) is 4.79 Å². The van der Waals surface area contributed by atoms with E-state index in [2.05, 4.69) is 12.2 Å². The minimum atomic E-state index is 0. The first-order valence-corrected chi connectivity index (χ1v) is 3.25. The molecule has 1 atom stereocenters. The number of nitrogens with one attached hydrogen (secondary N) is 1. The van der Waals surface area contributed by atoms with Crippen LogP contribution in [0, 0.1) is 0 Å². The SMILES string of the molecule is CC1CN(C=O)CCN1.Cl. The minimum absolute atomic E-state index is 0. The van der Waals surface area contributed by atoms with E-state index in [-0.39, 0.29) is 12.4 Å². The maximum Gasteiger partial charge on any atom is 0.209 e. The fourth-order valence-corrected chi connectivity index (χ4v) is 1.06. The lowest BCUT2D eigenvalue weighted by atomic mass is 10.2. The molecule has 1 aliphatic heterocycles. The molecular weight excluding hydrogens is 152 g/mol. The number of carbonyl (C=O) groups is 1. The molecule has 0 spiro atoms. The van der Waals surface area contributed by atoms with E-state index in [0.29, 0.717) is 6.04 Å². The Morgan fingerprint density at radius 2 is 2.40 bits per heavy atom. The van der Waals surface area contributed by atoms with Crippen LogP contribution in [-0.4, -0.2) is 37.0 Å². The van der Waals surface area contributed by atoms with Crippen molar-refractivity contribution in [2.24, 2.45) is 0 Å². The summed E-state index contributed by atoms with van der Waals surface area (Å²) < 4.78 is 0. The quantitative estimate of drug-likeness (QED) is 0.548. The minimum Gasteiger partial charge on any atom is -0.342 e. The smallest absolute Gasteiger partial charge is 0.209 e. The van der Waals surface area contributed by atoms with Gasteiger partial charge in [-0.05, 0) is 6.92 Å². The lowest BCUT2D eigenvalue weighted by Gasteiger charge is -2.28. The summed E-state index contributed by atoms with van der Waals surface area (Å²) in [4.78, 5) is 12.0. The van der Waals surface area contributed by atoms with Crippen LogP contribution in [-0.2, 0) is 4.79 Å². The largest absolute Gasteiger partial charge is 0.342 e. The second kappa shape index (κ2) is 4.52. The molecule has 0 saturated carbocycles. The second-order valence-electron chi connectivity index (χ2n) is 2.46. The molecule has 1 unspecified atom stereocenters. The summed E-state index contributed by atoms with van der Waals surface area (Å²) in [6, 6.07) is 0.462. The molecule has 0 aromatic carbocycles. The topological polar surface area (TPSA) is 32.3 Å². The zero-order chi connectivity index (χ0) is 6.69. The zero-order valence-electron chi connectivity index (χ0n) is 6.04. The highest BCUT2D eigenvalue weighted by atomic mass is 35.5. The van der Waals surface area contributed by atoms with E-state index in [1.165, 1.54) is 0 Å². The van der Waals surface area contributed by atoms with Gasteiger partial charge in [-0.3, -0.25) is 4.79 Å². The summed E-state index contributed by atoms with van der Waals surface area (Å²) in [5, 5.41) is 3.25. The Kier molecular flexibility index (Phi) is 4.40. The third-order valence-corrected chi connectivity index (χ3v) is 1.55. The van der Waals surface area contributed by atoms with Crippen molar-refractivity contribution in [3.63, 3.8) is 0 Å². The monoisotopic (exact) mass is 164 g/mol. The maximum atomic E-state index is 10.2. The zero-order valence-corrected chi connectivity index (χ0v) is 6.86. The van der Waals surface area contributed by atoms with Crippen LogP contribution in [0.4, 0.5) is 0 Å². The summed E-state index contributed by atoms with van der Waals surface area (Å²) in [5.41, 5.74) is 0. The Hall–Kier alpha value is -0.280. The van der Waals surface area contributed by atoms with E-state index in [1.54, 1.807) is 4.90 Å². The molecule has 0 aromatic heterocycles. The molecule has 60 valence electrons. The van der Waals surface area contributed by atoms with Gasteiger partial charge in [0.2, 0.25) is 6.41 Å². The molecule has 1 rings (SSSR count). The number of hydrogen-bond acceptors (Lipinski definition) is 2. The Morgan fingerprint density at radius 1 is 1.70 bits per heavy atom. The maximum absolute atomic E-state index is 10.2. The van der Waals surface area contributed by atoms with Crippen LogP contribution < -0.4 is 5.32 Å². The Labute approximate surface area is 67.2 Å². The third-order valence-electron chi connectivity index (χ3n) is 1.55. The van der Waals surface area contributed by atoms with Gasteiger partial charge in [0.25, 0.3) is 0 Å². The second-order valence-corrected chi connectivity index (χ2v) is 2.46. The molecule has 4 heteroatoms. The number of carbonyl (C=O) groups excluding carboxylic acids is 1. The van der Waals surface area contributed by atoms with Gasteiger partial charge in [0, 0.05) is 25.7 Å². The number of rotatable bonds is 1. The Morgan fingerprint density at radius 3 is 2.80 bits per heavy atom. The van der Waals surface area contributed by atoms with Crippen LogP contribution in [0.3, 0.4) is 0 Å². The van der Waals surface area contributed by atoms with Crippen molar-refractivity contribution in [2.45, 2.75) is 13.0 Å². The van der Waals surface area contributed by atoms with Crippen molar-refractivity contribution in [3.8, 4) is 0 Å². The first-order chi connectivity index (χ1) is 4.33. The molecule has 0 aromatic rings. The number of nitrogens with zero attached hydrogens (tertiary/aromatic N) is 1. The van der Waals surface area contributed by atoms with Crippen LogP contribution in [0.15, 0.2) is 0 Å². The molecule has 1 amide bonds. The summed E-state index contributed by atoms with van der Waals surface area (Å²) >= 11 is 0. The van der Waals surface area contributed by atoms with Gasteiger partial charge >= 0.3 is 0 Å². The highest BCUT2D eigenvalue weighted by Crippen LogP contribution is 1.93. The van der Waals surface area contributed by atoms with Crippen LogP contribution >= 0.6 is 12.4 Å². The summed E-state index contributed by atoms with van der Waals surface area (Å²) in [5.74, 6) is 0. The van der Waals surface area contributed by atoms with Crippen molar-refractivity contribution < 1.29 is 4.79 Å². The predicted octanol–water partition coefficient (Wildman–Crippen LogP) is -0.142. The fourth-order valence-electron chi connectivity index (χ4n) is 1.06. The first kappa shape index (κ1) is 9.72. The van der Waals surface area contributed by atoms with E-state index >= 15 is 0 Å². The van der Waals surface area contributed by atoms with Crippen molar-refractivity contribution >= 4 is 18.8 Å². The lowest BCUT2D eigenvalue weighted by molar-refractivity contribution is -0.119. The van der Waals surface area contributed by atoms with Gasteiger partial charge in [-0.2, -0.15) is 0 Å². The van der Waals surface area contributed by atoms with E-state index in [1.807, 2.05) is 0 Å². The van der Waals surface area contributed by atoms with Crippen molar-refractivity contribution in [2.75, 3.05) is 19.6 Å². The summed E-state index contributed by atoms with van der Waals surface area (Å²) in [6.45, 7) is 4.72. The molecule has 0 bridgehead atoms. The van der Waals surface area contributed by atoms with Gasteiger partial charge in [0.05, 0.1) is 0 Å². The van der Waals surface area contributed by atoms with Crippen LogP contribution in [0.5, 0.6) is 0 Å². The van der Waals surface area contributed by atoms with Gasteiger partial charge in [-0.15, -0.1) is 12.4 Å². The number of amides is 1. The lowest BCUT2D eigenvalue weighted by Crippen LogP contribution is -2.48. The van der Waals surface area contributed by atoms with Crippen molar-refractivity contribution in [1.29, 1.82) is 0 Å². The van der Waals surface area contributed by atoms with Gasteiger partial charge in [0.1, 0.15) is 0 Å². The third kappa shape index (κ3) is 2.54. The predicted molar refractivity (Wildman–Crippen MR) is 42.3 cm³/mol.